The van der Waals surface area contributed by atoms with E-state index in [1.165, 1.54) is 83.5 Å². The first-order chi connectivity index (χ1) is 23.5. The number of hydrogen-bond donors (Lipinski definition) is 2. The molecule has 50 heavy (non-hydrogen) atoms. The number of benzene rings is 2. The van der Waals surface area contributed by atoms with Gasteiger partial charge >= 0.3 is 5.97 Å². The number of aryl methyl sites for hydroxylation is 3. The third-order valence-corrected chi connectivity index (χ3v) is 10.5. The highest BCUT2D eigenvalue weighted by atomic mass is 16.5. The fraction of sp³-hybridized carbons (Fsp3) is 0.717. The van der Waals surface area contributed by atoms with Crippen LogP contribution in [0.4, 0.5) is 0 Å². The van der Waals surface area contributed by atoms with Crippen LogP contribution < -0.4 is 0 Å². The summed E-state index contributed by atoms with van der Waals surface area (Å²) in [4.78, 5) is 13.2. The van der Waals surface area contributed by atoms with Crippen molar-refractivity contribution >= 4 is 5.97 Å². The summed E-state index contributed by atoms with van der Waals surface area (Å²) in [5.41, 5.74) is 5.67. The Labute approximate surface area is 308 Å². The molecule has 2 unspecified atom stereocenters. The summed E-state index contributed by atoms with van der Waals surface area (Å²) in [5, 5.41) is 21.6. The fourth-order valence-electron chi connectivity index (χ4n) is 7.25. The van der Waals surface area contributed by atoms with Crippen LogP contribution in [0.15, 0.2) is 24.3 Å². The van der Waals surface area contributed by atoms with Gasteiger partial charge in [-0.15, -0.1) is 0 Å². The summed E-state index contributed by atoms with van der Waals surface area (Å²) >= 11 is 0. The van der Waals surface area contributed by atoms with E-state index in [0.717, 1.165) is 65.5 Å². The monoisotopic (exact) mass is 693 g/mol. The van der Waals surface area contributed by atoms with Crippen LogP contribution in [0.3, 0.4) is 0 Å². The molecule has 0 aliphatic rings. The molecule has 0 radical (unpaired) electrons. The number of ether oxygens (including phenoxy) is 1. The predicted molar refractivity (Wildman–Crippen MR) is 214 cm³/mol. The first-order valence-electron chi connectivity index (χ1n) is 20.4. The molecule has 2 aromatic rings. The molecule has 0 saturated heterocycles. The van der Waals surface area contributed by atoms with Gasteiger partial charge < -0.3 is 14.9 Å². The van der Waals surface area contributed by atoms with Gasteiger partial charge in [-0.2, -0.15) is 0 Å². The van der Waals surface area contributed by atoms with E-state index in [9.17, 15) is 15.0 Å². The number of rotatable bonds is 23. The minimum absolute atomic E-state index is 0.0916. The topological polar surface area (TPSA) is 66.8 Å². The van der Waals surface area contributed by atoms with Crippen LogP contribution in [0.2, 0.25) is 0 Å². The van der Waals surface area contributed by atoms with Crippen LogP contribution in [0.25, 0.3) is 0 Å². The third-order valence-electron chi connectivity index (χ3n) is 10.5. The zero-order chi connectivity index (χ0) is 37.3. The maximum absolute atomic E-state index is 13.2. The van der Waals surface area contributed by atoms with Gasteiger partial charge in [-0.05, 0) is 89.7 Å². The van der Waals surface area contributed by atoms with E-state index in [4.69, 9.17) is 4.74 Å². The lowest BCUT2D eigenvalue weighted by Gasteiger charge is -2.27. The van der Waals surface area contributed by atoms with Gasteiger partial charge in [0.05, 0.1) is 0 Å². The average Bonchev–Trinajstić information content (AvgIpc) is 3.03. The highest BCUT2D eigenvalue weighted by molar-refractivity contribution is 5.69. The molecule has 2 rings (SSSR count). The number of hydrogen-bond acceptors (Lipinski definition) is 4. The van der Waals surface area contributed by atoms with Gasteiger partial charge in [-0.3, -0.25) is 4.79 Å². The van der Waals surface area contributed by atoms with Crippen molar-refractivity contribution in [2.24, 2.45) is 5.92 Å². The van der Waals surface area contributed by atoms with E-state index < -0.39 is 0 Å². The highest BCUT2D eigenvalue weighted by Gasteiger charge is 2.26. The highest BCUT2D eigenvalue weighted by Crippen LogP contribution is 2.36. The minimum atomic E-state index is -0.224. The lowest BCUT2D eigenvalue weighted by Crippen LogP contribution is -2.28. The molecule has 2 aromatic carbocycles. The minimum Gasteiger partial charge on any atom is -0.507 e. The van der Waals surface area contributed by atoms with Gasteiger partial charge in [0.2, 0.25) is 0 Å². The Kier molecular flexibility index (Phi) is 19.0. The molecule has 0 fully saturated rings. The van der Waals surface area contributed by atoms with Crippen LogP contribution in [-0.4, -0.2) is 22.3 Å². The number of carbonyl (C=O) groups excluding carboxylic acids is 1. The van der Waals surface area contributed by atoms with Crippen LogP contribution in [0.1, 0.15) is 198 Å². The lowest BCUT2D eigenvalue weighted by molar-refractivity contribution is -0.152. The molecule has 0 bridgehead atoms. The van der Waals surface area contributed by atoms with Gasteiger partial charge in [0.15, 0.2) is 0 Å². The Morgan fingerprint density at radius 3 is 1.48 bits per heavy atom. The predicted octanol–water partition coefficient (Wildman–Crippen LogP) is 13.3. The summed E-state index contributed by atoms with van der Waals surface area (Å²) < 4.78 is 6.29. The molecule has 4 nitrogen and oxygen atoms in total. The van der Waals surface area contributed by atoms with Crippen molar-refractivity contribution in [3.63, 3.8) is 0 Å². The quantitative estimate of drug-likeness (QED) is 0.0898. The van der Waals surface area contributed by atoms with Gasteiger partial charge in [0.25, 0.3) is 0 Å². The van der Waals surface area contributed by atoms with Crippen LogP contribution in [0, 0.1) is 19.8 Å². The zero-order valence-electron chi connectivity index (χ0n) is 34.1. The molecule has 284 valence electrons. The maximum atomic E-state index is 13.2. The molecule has 0 saturated carbocycles. The van der Waals surface area contributed by atoms with E-state index in [-0.39, 0.29) is 28.8 Å². The normalized spacial score (nSPS) is 13.4. The van der Waals surface area contributed by atoms with Gasteiger partial charge in [0.1, 0.15) is 17.6 Å². The van der Waals surface area contributed by atoms with Crippen molar-refractivity contribution in [1.29, 1.82) is 0 Å². The smallest absolute Gasteiger partial charge is 0.306 e. The van der Waals surface area contributed by atoms with Crippen molar-refractivity contribution in [3.05, 3.63) is 57.6 Å². The van der Waals surface area contributed by atoms with E-state index in [0.29, 0.717) is 17.9 Å². The zero-order valence-corrected chi connectivity index (χ0v) is 34.1. The molecule has 0 aliphatic carbocycles. The number of aromatic hydroxyl groups is 2. The number of unbranched alkanes of at least 4 members (excludes halogenated alkanes) is 14. The van der Waals surface area contributed by atoms with Crippen LogP contribution in [0.5, 0.6) is 11.5 Å². The van der Waals surface area contributed by atoms with Crippen molar-refractivity contribution in [3.8, 4) is 11.5 Å². The molecule has 0 aliphatic heterocycles. The molecule has 0 heterocycles. The first kappa shape index (κ1) is 43.7. The van der Waals surface area contributed by atoms with E-state index in [1.807, 2.05) is 13.8 Å². The largest absolute Gasteiger partial charge is 0.507 e. The Morgan fingerprint density at radius 2 is 1.04 bits per heavy atom. The second-order valence-corrected chi connectivity index (χ2v) is 17.6. The average molecular weight is 693 g/mol. The molecule has 2 N–H and O–H groups in total. The molecule has 2 atom stereocenters. The second kappa shape index (κ2) is 21.8. The Balaban J connectivity index is 1.94. The molecule has 0 spiro atoms. The van der Waals surface area contributed by atoms with E-state index in [2.05, 4.69) is 79.7 Å². The van der Waals surface area contributed by atoms with Gasteiger partial charge in [-0.1, -0.05) is 170 Å². The lowest BCUT2D eigenvalue weighted by atomic mass is 9.82. The number of phenols is 2. The number of phenolic OH excluding ortho intramolecular Hbond substituents is 2. The standard InChI is InChI=1S/C46H76O4/c1-11-12-13-14-15-16-17-18-19-20-21-22-23-24-25-26-42(47)50-41(28-27-37-30-35(3)43(48)39(32-37)45(5,6)7)34(2)29-38-31-36(4)44(49)40(33-38)46(8,9)10/h30-34,41,48-49H,11-29H2,1-10H3. The Morgan fingerprint density at radius 1 is 0.640 bits per heavy atom. The molecular weight excluding hydrogens is 617 g/mol. The SMILES string of the molecule is CCCCCCCCCCCCCCCCCC(=O)OC(CCc1cc(C)c(O)c(C(C)(C)C)c1)C(C)Cc1cc(C)c(O)c(C(C)(C)C)c1. The second-order valence-electron chi connectivity index (χ2n) is 17.6. The Bertz CT molecular complexity index is 1280. The van der Waals surface area contributed by atoms with Crippen molar-refractivity contribution in [2.75, 3.05) is 0 Å². The molecule has 4 heteroatoms. The maximum Gasteiger partial charge on any atom is 0.306 e. The molecular formula is C46H76O4. The van der Waals surface area contributed by atoms with Crippen molar-refractivity contribution in [1.82, 2.24) is 0 Å². The Hall–Kier alpha value is -2.49. The number of esters is 1. The van der Waals surface area contributed by atoms with Gasteiger partial charge in [-0.25, -0.2) is 0 Å². The van der Waals surface area contributed by atoms with Crippen LogP contribution in [-0.2, 0) is 33.2 Å². The van der Waals surface area contributed by atoms with E-state index in [1.54, 1.807) is 0 Å². The molecule has 0 aromatic heterocycles. The van der Waals surface area contributed by atoms with E-state index >= 15 is 0 Å². The summed E-state index contributed by atoms with van der Waals surface area (Å²) in [6.07, 6.45) is 22.1. The van der Waals surface area contributed by atoms with Crippen molar-refractivity contribution in [2.45, 2.75) is 208 Å². The molecule has 0 amide bonds. The summed E-state index contributed by atoms with van der Waals surface area (Å²) in [6.45, 7) is 21.2. The van der Waals surface area contributed by atoms with Gasteiger partial charge in [0, 0.05) is 6.42 Å². The van der Waals surface area contributed by atoms with Crippen LogP contribution >= 0.6 is 0 Å². The number of carbonyl (C=O) groups is 1. The summed E-state index contributed by atoms with van der Waals surface area (Å²) in [5.74, 6) is 0.763. The summed E-state index contributed by atoms with van der Waals surface area (Å²) in [6, 6.07) is 8.41. The van der Waals surface area contributed by atoms with Crippen molar-refractivity contribution < 1.29 is 19.7 Å². The third kappa shape index (κ3) is 15.8. The first-order valence-corrected chi connectivity index (χ1v) is 20.4. The summed E-state index contributed by atoms with van der Waals surface area (Å²) in [7, 11) is 0. The fourth-order valence-corrected chi connectivity index (χ4v) is 7.25.